The Morgan fingerprint density at radius 2 is 2.28 bits per heavy atom. The van der Waals surface area contributed by atoms with Crippen LogP contribution in [-0.4, -0.2) is 22.5 Å². The molecule has 0 aliphatic carbocycles. The Bertz CT molecular complexity index is 493. The van der Waals surface area contributed by atoms with Crippen molar-refractivity contribution in [2.45, 2.75) is 13.3 Å². The summed E-state index contributed by atoms with van der Waals surface area (Å²) in [5.41, 5.74) is 2.75. The van der Waals surface area contributed by atoms with E-state index in [1.165, 1.54) is 6.92 Å². The maximum atomic E-state index is 12.6. The molecule has 1 heterocycles. The maximum absolute atomic E-state index is 12.6. The van der Waals surface area contributed by atoms with Crippen molar-refractivity contribution in [3.8, 4) is 0 Å². The second-order valence-corrected chi connectivity index (χ2v) is 3.10. The van der Waals surface area contributed by atoms with E-state index in [0.717, 1.165) is 0 Å². The number of nitrogen functional groups attached to an aromatic ring is 1. The number of rotatable bonds is 4. The zero-order chi connectivity index (χ0) is 13.9. The van der Waals surface area contributed by atoms with E-state index in [2.05, 4.69) is 9.72 Å². The summed E-state index contributed by atoms with van der Waals surface area (Å²) in [6.45, 7) is 1.54. The van der Waals surface area contributed by atoms with Crippen LogP contribution in [0.15, 0.2) is 6.07 Å². The molecule has 0 fully saturated rings. The number of nitro groups is 1. The molecule has 0 spiro atoms. The lowest BCUT2D eigenvalue weighted by Crippen LogP contribution is -2.12. The number of carbonyl (C=O) groups excluding carboxylic acids is 1. The van der Waals surface area contributed by atoms with Crippen LogP contribution in [-0.2, 0) is 4.74 Å². The molecule has 18 heavy (non-hydrogen) atoms. The number of hydrogen-bond acceptors (Lipinski definition) is 6. The third kappa shape index (κ3) is 2.67. The lowest BCUT2D eigenvalue weighted by molar-refractivity contribution is -0.386. The molecule has 98 valence electrons. The van der Waals surface area contributed by atoms with Crippen molar-refractivity contribution in [3.05, 3.63) is 27.4 Å². The predicted molar refractivity (Wildman–Crippen MR) is 56.2 cm³/mol. The van der Waals surface area contributed by atoms with E-state index in [0.29, 0.717) is 6.07 Å². The Morgan fingerprint density at radius 3 is 2.72 bits per heavy atom. The Morgan fingerprint density at radius 1 is 1.67 bits per heavy atom. The summed E-state index contributed by atoms with van der Waals surface area (Å²) in [6.07, 6.45) is -3.16. The molecule has 1 rings (SSSR count). The zero-order valence-electron chi connectivity index (χ0n) is 9.22. The lowest BCUT2D eigenvalue weighted by Gasteiger charge is -2.07. The van der Waals surface area contributed by atoms with Crippen LogP contribution in [0.5, 0.6) is 0 Å². The Labute approximate surface area is 99.7 Å². The second kappa shape index (κ2) is 5.34. The van der Waals surface area contributed by atoms with Gasteiger partial charge in [-0.1, -0.05) is 0 Å². The first-order valence-electron chi connectivity index (χ1n) is 4.78. The van der Waals surface area contributed by atoms with Gasteiger partial charge >= 0.3 is 5.97 Å². The van der Waals surface area contributed by atoms with Crippen molar-refractivity contribution in [3.63, 3.8) is 0 Å². The standard InChI is InChI=1S/C9H9F2N3O4/c1-2-18-9(15)4-3-5(14(16)17)6(7(10)11)8(12)13-4/h3,7H,2H2,1H3,(H2,12,13). The van der Waals surface area contributed by atoms with Crippen molar-refractivity contribution in [2.75, 3.05) is 12.3 Å². The molecule has 1 aromatic heterocycles. The predicted octanol–water partition coefficient (Wildman–Crippen LogP) is 1.69. The van der Waals surface area contributed by atoms with Gasteiger partial charge in [0.2, 0.25) is 0 Å². The highest BCUT2D eigenvalue weighted by Gasteiger charge is 2.28. The third-order valence-corrected chi connectivity index (χ3v) is 1.97. The fourth-order valence-corrected chi connectivity index (χ4v) is 1.24. The van der Waals surface area contributed by atoms with Crippen LogP contribution in [0.3, 0.4) is 0 Å². The van der Waals surface area contributed by atoms with Gasteiger partial charge in [-0.05, 0) is 6.92 Å². The number of alkyl halides is 2. The SMILES string of the molecule is CCOC(=O)c1cc([N+](=O)[O-])c(C(F)F)c(N)n1. The van der Waals surface area contributed by atoms with Gasteiger partial charge in [-0.15, -0.1) is 0 Å². The number of halogens is 2. The van der Waals surface area contributed by atoms with Gasteiger partial charge in [0.1, 0.15) is 11.4 Å². The Balaban J connectivity index is 3.36. The summed E-state index contributed by atoms with van der Waals surface area (Å²) >= 11 is 0. The van der Waals surface area contributed by atoms with Gasteiger partial charge in [-0.25, -0.2) is 18.6 Å². The number of carbonyl (C=O) groups is 1. The number of nitrogens with zero attached hydrogens (tertiary/aromatic N) is 2. The fraction of sp³-hybridized carbons (Fsp3) is 0.333. The molecule has 0 amide bonds. The third-order valence-electron chi connectivity index (χ3n) is 1.97. The Hall–Kier alpha value is -2.32. The van der Waals surface area contributed by atoms with E-state index >= 15 is 0 Å². The molecular weight excluding hydrogens is 252 g/mol. The maximum Gasteiger partial charge on any atom is 0.357 e. The highest BCUT2D eigenvalue weighted by molar-refractivity contribution is 5.89. The first-order chi connectivity index (χ1) is 8.38. The largest absolute Gasteiger partial charge is 0.461 e. The number of aromatic nitrogens is 1. The van der Waals surface area contributed by atoms with Crippen LogP contribution in [0, 0.1) is 10.1 Å². The van der Waals surface area contributed by atoms with Crippen molar-refractivity contribution in [1.29, 1.82) is 0 Å². The number of esters is 1. The molecule has 1 aromatic rings. The first-order valence-corrected chi connectivity index (χ1v) is 4.78. The molecule has 0 atom stereocenters. The van der Waals surface area contributed by atoms with E-state index in [9.17, 15) is 23.7 Å². The minimum Gasteiger partial charge on any atom is -0.461 e. The van der Waals surface area contributed by atoms with E-state index in [1.54, 1.807) is 0 Å². The summed E-state index contributed by atoms with van der Waals surface area (Å²) in [6, 6.07) is 0.621. The first kappa shape index (κ1) is 13.7. The van der Waals surface area contributed by atoms with Crippen LogP contribution in [0.25, 0.3) is 0 Å². The van der Waals surface area contributed by atoms with Gasteiger partial charge in [-0.3, -0.25) is 10.1 Å². The fourth-order valence-electron chi connectivity index (χ4n) is 1.24. The van der Waals surface area contributed by atoms with E-state index in [1.807, 2.05) is 0 Å². The van der Waals surface area contributed by atoms with Crippen LogP contribution >= 0.6 is 0 Å². The number of nitrogens with two attached hydrogens (primary N) is 1. The quantitative estimate of drug-likeness (QED) is 0.501. The van der Waals surface area contributed by atoms with Gasteiger partial charge in [0.05, 0.1) is 11.5 Å². The van der Waals surface area contributed by atoms with Crippen LogP contribution in [0.2, 0.25) is 0 Å². The molecule has 0 bridgehead atoms. The number of anilines is 1. The molecule has 0 saturated heterocycles. The van der Waals surface area contributed by atoms with Crippen molar-refractivity contribution >= 4 is 17.5 Å². The molecule has 9 heteroatoms. The summed E-state index contributed by atoms with van der Waals surface area (Å²) in [5, 5.41) is 10.6. The molecular formula is C9H9F2N3O4. The topological polar surface area (TPSA) is 108 Å². The molecule has 0 unspecified atom stereocenters. The van der Waals surface area contributed by atoms with Gasteiger partial charge in [0.25, 0.3) is 12.1 Å². The number of hydrogen-bond donors (Lipinski definition) is 1. The lowest BCUT2D eigenvalue weighted by atomic mass is 10.2. The monoisotopic (exact) mass is 261 g/mol. The minimum absolute atomic E-state index is 0.0187. The highest BCUT2D eigenvalue weighted by Crippen LogP contribution is 2.33. The van der Waals surface area contributed by atoms with E-state index < -0.39 is 40.1 Å². The van der Waals surface area contributed by atoms with E-state index in [-0.39, 0.29) is 6.61 Å². The van der Waals surface area contributed by atoms with Gasteiger partial charge < -0.3 is 10.5 Å². The van der Waals surface area contributed by atoms with Crippen LogP contribution in [0.1, 0.15) is 29.4 Å². The summed E-state index contributed by atoms with van der Waals surface area (Å²) in [5.74, 6) is -1.73. The molecule has 2 N–H and O–H groups in total. The number of pyridine rings is 1. The smallest absolute Gasteiger partial charge is 0.357 e. The highest BCUT2D eigenvalue weighted by atomic mass is 19.3. The second-order valence-electron chi connectivity index (χ2n) is 3.10. The van der Waals surface area contributed by atoms with Crippen molar-refractivity contribution in [1.82, 2.24) is 4.98 Å². The molecule has 0 aromatic carbocycles. The molecule has 0 aliphatic rings. The molecule has 0 saturated carbocycles. The minimum atomic E-state index is -3.16. The zero-order valence-corrected chi connectivity index (χ0v) is 9.22. The normalized spacial score (nSPS) is 10.4. The molecule has 7 nitrogen and oxygen atoms in total. The Kier molecular flexibility index (Phi) is 4.08. The van der Waals surface area contributed by atoms with Crippen molar-refractivity contribution < 1.29 is 23.2 Å². The summed E-state index contributed by atoms with van der Waals surface area (Å²) < 4.78 is 29.7. The van der Waals surface area contributed by atoms with Gasteiger partial charge in [0.15, 0.2) is 5.69 Å². The number of ether oxygens (including phenoxy) is 1. The average Bonchev–Trinajstić information content (AvgIpc) is 2.27. The molecule has 0 aliphatic heterocycles. The summed E-state index contributed by atoms with van der Waals surface area (Å²) in [4.78, 5) is 24.3. The summed E-state index contributed by atoms with van der Waals surface area (Å²) in [7, 11) is 0. The molecule has 0 radical (unpaired) electrons. The van der Waals surface area contributed by atoms with Crippen LogP contribution in [0.4, 0.5) is 20.3 Å². The average molecular weight is 261 g/mol. The van der Waals surface area contributed by atoms with Crippen LogP contribution < -0.4 is 5.73 Å². The van der Waals surface area contributed by atoms with E-state index in [4.69, 9.17) is 5.73 Å². The van der Waals surface area contributed by atoms with Crippen molar-refractivity contribution in [2.24, 2.45) is 0 Å². The van der Waals surface area contributed by atoms with Gasteiger partial charge in [0, 0.05) is 6.07 Å². The van der Waals surface area contributed by atoms with Gasteiger partial charge in [-0.2, -0.15) is 0 Å².